The largest absolute Gasteiger partial charge is 0.380 e. The van der Waals surface area contributed by atoms with Gasteiger partial charge in [-0.1, -0.05) is 35.9 Å². The highest BCUT2D eigenvalue weighted by molar-refractivity contribution is 6.31. The molecule has 5 heteroatoms. The Kier molecular flexibility index (Phi) is 4.76. The van der Waals surface area contributed by atoms with E-state index in [0.717, 1.165) is 29.6 Å². The molecule has 0 radical (unpaired) electrons. The van der Waals surface area contributed by atoms with Gasteiger partial charge in [0.25, 0.3) is 0 Å². The summed E-state index contributed by atoms with van der Waals surface area (Å²) in [7, 11) is 0. The molecular weight excluding hydrogens is 346 g/mol. The molecule has 0 atom stereocenters. The van der Waals surface area contributed by atoms with Gasteiger partial charge in [0.15, 0.2) is 0 Å². The first-order chi connectivity index (χ1) is 12.7. The van der Waals surface area contributed by atoms with Gasteiger partial charge in [-0.2, -0.15) is 0 Å². The number of carbonyl (C=O) groups excluding carboxylic acids is 1. The Labute approximate surface area is 157 Å². The number of hydrogen-bond donors (Lipinski definition) is 1. The van der Waals surface area contributed by atoms with Gasteiger partial charge in [-0.05, 0) is 41.8 Å². The van der Waals surface area contributed by atoms with Crippen LogP contribution in [0.4, 0.5) is 5.69 Å². The number of benzene rings is 2. The first-order valence-corrected chi connectivity index (χ1v) is 9.20. The first-order valence-electron chi connectivity index (χ1n) is 8.83. The second-order valence-electron chi connectivity index (χ2n) is 6.61. The number of pyridine rings is 1. The molecule has 0 unspecified atom stereocenters. The summed E-state index contributed by atoms with van der Waals surface area (Å²) in [6, 6.07) is 16.1. The number of hydrogen-bond acceptors (Lipinski definition) is 3. The quantitative estimate of drug-likeness (QED) is 0.717. The van der Waals surface area contributed by atoms with E-state index in [0.29, 0.717) is 24.5 Å². The summed E-state index contributed by atoms with van der Waals surface area (Å²) in [6.07, 6.45) is 3.44. The van der Waals surface area contributed by atoms with Crippen molar-refractivity contribution in [2.75, 3.05) is 11.9 Å². The minimum Gasteiger partial charge on any atom is -0.380 e. The first kappa shape index (κ1) is 16.9. The van der Waals surface area contributed by atoms with Gasteiger partial charge in [-0.25, -0.2) is 0 Å². The zero-order chi connectivity index (χ0) is 17.9. The van der Waals surface area contributed by atoms with Crippen LogP contribution >= 0.6 is 11.6 Å². The number of nitrogens with zero attached hydrogens (tertiary/aromatic N) is 2. The third kappa shape index (κ3) is 3.65. The lowest BCUT2D eigenvalue weighted by Crippen LogP contribution is -2.23. The number of likely N-dealkylation sites (tertiary alicyclic amines) is 1. The van der Waals surface area contributed by atoms with E-state index >= 15 is 0 Å². The van der Waals surface area contributed by atoms with Gasteiger partial charge in [0.1, 0.15) is 0 Å². The Morgan fingerprint density at radius 1 is 1.12 bits per heavy atom. The molecule has 1 aliphatic heterocycles. The predicted molar refractivity (Wildman–Crippen MR) is 105 cm³/mol. The van der Waals surface area contributed by atoms with Crippen LogP contribution in [0.2, 0.25) is 5.02 Å². The monoisotopic (exact) mass is 365 g/mol. The van der Waals surface area contributed by atoms with Gasteiger partial charge in [-0.15, -0.1) is 0 Å². The molecule has 0 saturated carbocycles. The summed E-state index contributed by atoms with van der Waals surface area (Å²) in [6.45, 7) is 2.28. The lowest BCUT2D eigenvalue weighted by Gasteiger charge is -2.16. The number of carbonyl (C=O) groups is 1. The van der Waals surface area contributed by atoms with E-state index in [4.69, 9.17) is 11.6 Å². The number of halogens is 1. The maximum atomic E-state index is 11.8. The van der Waals surface area contributed by atoms with E-state index in [2.05, 4.69) is 34.6 Å². The highest BCUT2D eigenvalue weighted by Crippen LogP contribution is 2.25. The summed E-state index contributed by atoms with van der Waals surface area (Å²) in [4.78, 5) is 18.1. The third-order valence-corrected chi connectivity index (χ3v) is 4.96. The van der Waals surface area contributed by atoms with E-state index in [9.17, 15) is 4.79 Å². The van der Waals surface area contributed by atoms with E-state index in [1.165, 1.54) is 11.1 Å². The highest BCUT2D eigenvalue weighted by atomic mass is 35.5. The molecule has 132 valence electrons. The normalized spacial score (nSPS) is 14.2. The molecule has 1 saturated heterocycles. The number of rotatable bonds is 5. The SMILES string of the molecule is O=C1CCCN1Cc1cccc(CNc2ccnc3cc(Cl)ccc23)c1. The molecule has 0 bridgehead atoms. The molecule has 1 fully saturated rings. The molecule has 2 aromatic carbocycles. The summed E-state index contributed by atoms with van der Waals surface area (Å²) in [5.74, 6) is 0.260. The second kappa shape index (κ2) is 7.34. The zero-order valence-corrected chi connectivity index (χ0v) is 15.2. The van der Waals surface area contributed by atoms with Crippen molar-refractivity contribution in [2.45, 2.75) is 25.9 Å². The summed E-state index contributed by atoms with van der Waals surface area (Å²) < 4.78 is 0. The van der Waals surface area contributed by atoms with Crippen molar-refractivity contribution >= 4 is 34.1 Å². The summed E-state index contributed by atoms with van der Waals surface area (Å²) in [5, 5.41) is 5.23. The Morgan fingerprint density at radius 2 is 2.00 bits per heavy atom. The van der Waals surface area contributed by atoms with Gasteiger partial charge in [-0.3, -0.25) is 9.78 Å². The molecule has 4 nitrogen and oxygen atoms in total. The molecule has 1 N–H and O–H groups in total. The van der Waals surface area contributed by atoms with Crippen LogP contribution in [0.15, 0.2) is 54.7 Å². The number of anilines is 1. The van der Waals surface area contributed by atoms with E-state index < -0.39 is 0 Å². The fraction of sp³-hybridized carbons (Fsp3) is 0.238. The number of fused-ring (bicyclic) bond motifs is 1. The lowest BCUT2D eigenvalue weighted by molar-refractivity contribution is -0.128. The third-order valence-electron chi connectivity index (χ3n) is 4.72. The Balaban J connectivity index is 1.48. The number of amides is 1. The van der Waals surface area contributed by atoms with Gasteiger partial charge in [0.05, 0.1) is 5.52 Å². The van der Waals surface area contributed by atoms with Gasteiger partial charge in [0, 0.05) is 48.3 Å². The van der Waals surface area contributed by atoms with Crippen molar-refractivity contribution in [3.05, 3.63) is 70.9 Å². The maximum Gasteiger partial charge on any atom is 0.222 e. The van der Waals surface area contributed by atoms with Crippen LogP contribution in [0, 0.1) is 0 Å². The van der Waals surface area contributed by atoms with E-state index in [1.54, 1.807) is 6.20 Å². The molecule has 4 rings (SSSR count). The van der Waals surface area contributed by atoms with E-state index in [1.807, 2.05) is 29.2 Å². The molecule has 26 heavy (non-hydrogen) atoms. The molecule has 3 aromatic rings. The second-order valence-corrected chi connectivity index (χ2v) is 7.05. The van der Waals surface area contributed by atoms with Gasteiger partial charge < -0.3 is 10.2 Å². The topological polar surface area (TPSA) is 45.2 Å². The average Bonchev–Trinajstić information content (AvgIpc) is 3.04. The van der Waals surface area contributed by atoms with Crippen LogP contribution in [0.5, 0.6) is 0 Å². The number of aromatic nitrogens is 1. The molecule has 1 aliphatic rings. The zero-order valence-electron chi connectivity index (χ0n) is 14.4. The fourth-order valence-electron chi connectivity index (χ4n) is 3.40. The van der Waals surface area contributed by atoms with Crippen LogP contribution < -0.4 is 5.32 Å². The number of nitrogens with one attached hydrogen (secondary N) is 1. The van der Waals surface area contributed by atoms with Crippen molar-refractivity contribution in [3.63, 3.8) is 0 Å². The summed E-state index contributed by atoms with van der Waals surface area (Å²) >= 11 is 6.05. The lowest BCUT2D eigenvalue weighted by atomic mass is 10.1. The fourth-order valence-corrected chi connectivity index (χ4v) is 3.57. The molecule has 1 amide bonds. The molecule has 1 aromatic heterocycles. The Bertz CT molecular complexity index is 957. The Hall–Kier alpha value is -2.59. The van der Waals surface area contributed by atoms with Crippen molar-refractivity contribution in [1.29, 1.82) is 0 Å². The van der Waals surface area contributed by atoms with Crippen molar-refractivity contribution in [1.82, 2.24) is 9.88 Å². The Morgan fingerprint density at radius 3 is 2.85 bits per heavy atom. The van der Waals surface area contributed by atoms with Crippen molar-refractivity contribution < 1.29 is 4.79 Å². The smallest absolute Gasteiger partial charge is 0.222 e. The van der Waals surface area contributed by atoms with Gasteiger partial charge >= 0.3 is 0 Å². The standard InChI is InChI=1S/C21H20ClN3O/c22-17-6-7-18-19(8-9-23-20(18)12-17)24-13-15-3-1-4-16(11-15)14-25-10-2-5-21(25)26/h1,3-4,6-9,11-12H,2,5,10,13-14H2,(H,23,24). The van der Waals surface area contributed by atoms with Crippen LogP contribution in [-0.2, 0) is 17.9 Å². The molecule has 0 spiro atoms. The maximum absolute atomic E-state index is 11.8. The van der Waals surface area contributed by atoms with Crippen LogP contribution in [0.25, 0.3) is 10.9 Å². The van der Waals surface area contributed by atoms with Crippen molar-refractivity contribution in [3.8, 4) is 0 Å². The van der Waals surface area contributed by atoms with Crippen LogP contribution in [0.1, 0.15) is 24.0 Å². The van der Waals surface area contributed by atoms with Gasteiger partial charge in [0.2, 0.25) is 5.91 Å². The van der Waals surface area contributed by atoms with E-state index in [-0.39, 0.29) is 5.91 Å². The minimum absolute atomic E-state index is 0.260. The molecule has 0 aliphatic carbocycles. The molecule has 2 heterocycles. The predicted octanol–water partition coefficient (Wildman–Crippen LogP) is 4.62. The van der Waals surface area contributed by atoms with Crippen LogP contribution in [0.3, 0.4) is 0 Å². The van der Waals surface area contributed by atoms with Crippen molar-refractivity contribution in [2.24, 2.45) is 0 Å². The highest BCUT2D eigenvalue weighted by Gasteiger charge is 2.19. The van der Waals surface area contributed by atoms with Crippen LogP contribution in [-0.4, -0.2) is 22.3 Å². The molecular formula is C21H20ClN3O. The minimum atomic E-state index is 0.260. The summed E-state index contributed by atoms with van der Waals surface area (Å²) in [5.41, 5.74) is 4.27. The average molecular weight is 366 g/mol.